The molecule has 3 heteroatoms. The van der Waals surface area contributed by atoms with Crippen LogP contribution >= 0.6 is 0 Å². The molecule has 2 atom stereocenters. The second-order valence-corrected chi connectivity index (χ2v) is 4.55. The number of aliphatic hydroxyl groups excluding tert-OH is 1. The van der Waals surface area contributed by atoms with Gasteiger partial charge in [-0.3, -0.25) is 4.90 Å². The van der Waals surface area contributed by atoms with E-state index in [-0.39, 0.29) is 6.61 Å². The van der Waals surface area contributed by atoms with Crippen LogP contribution in [0.1, 0.15) is 39.0 Å². The van der Waals surface area contributed by atoms with Crippen LogP contribution in [0.4, 0.5) is 0 Å². The van der Waals surface area contributed by atoms with E-state index in [9.17, 15) is 0 Å². The molecule has 0 aliphatic carbocycles. The lowest BCUT2D eigenvalue weighted by Gasteiger charge is -2.37. The lowest BCUT2D eigenvalue weighted by Crippen LogP contribution is -2.47. The molecule has 0 amide bonds. The van der Waals surface area contributed by atoms with E-state index in [0.29, 0.717) is 6.04 Å². The minimum atomic E-state index is 0.288. The van der Waals surface area contributed by atoms with Crippen LogP contribution in [-0.4, -0.2) is 48.8 Å². The first-order chi connectivity index (χ1) is 7.31. The first kappa shape index (κ1) is 12.9. The zero-order chi connectivity index (χ0) is 11.1. The molecule has 0 saturated carbocycles. The minimum Gasteiger partial charge on any atom is -0.396 e. The predicted molar refractivity (Wildman–Crippen MR) is 64.1 cm³/mol. The van der Waals surface area contributed by atoms with Gasteiger partial charge >= 0.3 is 0 Å². The Morgan fingerprint density at radius 3 is 2.87 bits per heavy atom. The van der Waals surface area contributed by atoms with E-state index in [1.165, 1.54) is 32.2 Å². The van der Waals surface area contributed by atoms with Crippen molar-refractivity contribution in [2.45, 2.75) is 51.1 Å². The van der Waals surface area contributed by atoms with Gasteiger partial charge in [-0.05, 0) is 39.3 Å². The molecule has 1 aliphatic rings. The molecule has 15 heavy (non-hydrogen) atoms. The van der Waals surface area contributed by atoms with E-state index in [4.69, 9.17) is 5.11 Å². The van der Waals surface area contributed by atoms with Gasteiger partial charge in [0.15, 0.2) is 0 Å². The molecule has 3 nitrogen and oxygen atoms in total. The molecule has 2 N–H and O–H groups in total. The SMILES string of the molecule is CCC1CCCCN1CC(CCO)NC. The van der Waals surface area contributed by atoms with Crippen molar-refractivity contribution in [3.8, 4) is 0 Å². The van der Waals surface area contributed by atoms with Gasteiger partial charge in [0.2, 0.25) is 0 Å². The summed E-state index contributed by atoms with van der Waals surface area (Å²) < 4.78 is 0. The number of rotatable bonds is 6. The first-order valence-electron chi connectivity index (χ1n) is 6.34. The van der Waals surface area contributed by atoms with Crippen molar-refractivity contribution in [2.24, 2.45) is 0 Å². The fraction of sp³-hybridized carbons (Fsp3) is 1.00. The molecular weight excluding hydrogens is 188 g/mol. The summed E-state index contributed by atoms with van der Waals surface area (Å²) in [5, 5.41) is 12.3. The van der Waals surface area contributed by atoms with E-state index in [0.717, 1.165) is 19.0 Å². The molecule has 0 radical (unpaired) electrons. The van der Waals surface area contributed by atoms with E-state index in [1.807, 2.05) is 7.05 Å². The number of likely N-dealkylation sites (N-methyl/N-ethyl adjacent to an activating group) is 1. The highest BCUT2D eigenvalue weighted by Crippen LogP contribution is 2.19. The largest absolute Gasteiger partial charge is 0.396 e. The smallest absolute Gasteiger partial charge is 0.0446 e. The Labute approximate surface area is 93.9 Å². The summed E-state index contributed by atoms with van der Waals surface area (Å²) in [6, 6.07) is 1.22. The lowest BCUT2D eigenvalue weighted by atomic mass is 9.99. The molecule has 0 aromatic heterocycles. The summed E-state index contributed by atoms with van der Waals surface area (Å²) >= 11 is 0. The van der Waals surface area contributed by atoms with Crippen LogP contribution in [0, 0.1) is 0 Å². The molecule has 1 saturated heterocycles. The van der Waals surface area contributed by atoms with Gasteiger partial charge in [0.25, 0.3) is 0 Å². The molecule has 2 unspecified atom stereocenters. The van der Waals surface area contributed by atoms with Gasteiger partial charge in [-0.2, -0.15) is 0 Å². The second-order valence-electron chi connectivity index (χ2n) is 4.55. The van der Waals surface area contributed by atoms with Gasteiger partial charge < -0.3 is 10.4 Å². The molecule has 1 heterocycles. The van der Waals surface area contributed by atoms with Crippen LogP contribution in [0.3, 0.4) is 0 Å². The Morgan fingerprint density at radius 2 is 2.27 bits per heavy atom. The second kappa shape index (κ2) is 7.20. The zero-order valence-electron chi connectivity index (χ0n) is 10.2. The van der Waals surface area contributed by atoms with Crippen LogP contribution in [0.15, 0.2) is 0 Å². The Kier molecular flexibility index (Phi) is 6.22. The van der Waals surface area contributed by atoms with Crippen molar-refractivity contribution in [1.29, 1.82) is 0 Å². The van der Waals surface area contributed by atoms with Crippen LogP contribution in [0.2, 0.25) is 0 Å². The van der Waals surface area contributed by atoms with Gasteiger partial charge in [-0.25, -0.2) is 0 Å². The molecule has 0 bridgehead atoms. The molecule has 0 spiro atoms. The molecule has 1 aliphatic heterocycles. The van der Waals surface area contributed by atoms with Crippen molar-refractivity contribution in [2.75, 3.05) is 26.7 Å². The summed E-state index contributed by atoms with van der Waals surface area (Å²) in [5.74, 6) is 0. The Hall–Kier alpha value is -0.120. The quantitative estimate of drug-likeness (QED) is 0.698. The number of hydrogen-bond donors (Lipinski definition) is 2. The fourth-order valence-corrected chi connectivity index (χ4v) is 2.53. The average Bonchev–Trinajstić information content (AvgIpc) is 2.29. The normalized spacial score (nSPS) is 25.4. The summed E-state index contributed by atoms with van der Waals surface area (Å²) in [6.07, 6.45) is 6.20. The van der Waals surface area contributed by atoms with E-state index >= 15 is 0 Å². The average molecular weight is 214 g/mol. The maximum atomic E-state index is 8.96. The van der Waals surface area contributed by atoms with E-state index < -0.39 is 0 Å². The van der Waals surface area contributed by atoms with Crippen molar-refractivity contribution in [3.05, 3.63) is 0 Å². The Balaban J connectivity index is 2.38. The first-order valence-corrected chi connectivity index (χ1v) is 6.34. The van der Waals surface area contributed by atoms with Crippen molar-refractivity contribution in [3.63, 3.8) is 0 Å². The summed E-state index contributed by atoms with van der Waals surface area (Å²) in [5.41, 5.74) is 0. The maximum absolute atomic E-state index is 8.96. The van der Waals surface area contributed by atoms with Gasteiger partial charge in [0, 0.05) is 25.2 Å². The molecule has 1 fully saturated rings. The topological polar surface area (TPSA) is 35.5 Å². The third-order valence-electron chi connectivity index (χ3n) is 3.56. The lowest BCUT2D eigenvalue weighted by molar-refractivity contribution is 0.123. The Bertz CT molecular complexity index is 164. The highest BCUT2D eigenvalue weighted by Gasteiger charge is 2.22. The number of likely N-dealkylation sites (tertiary alicyclic amines) is 1. The van der Waals surface area contributed by atoms with Gasteiger partial charge in [0.1, 0.15) is 0 Å². The van der Waals surface area contributed by atoms with E-state index in [2.05, 4.69) is 17.1 Å². The number of piperidine rings is 1. The van der Waals surface area contributed by atoms with Crippen LogP contribution in [0.5, 0.6) is 0 Å². The van der Waals surface area contributed by atoms with Crippen molar-refractivity contribution < 1.29 is 5.11 Å². The molecule has 90 valence electrons. The molecule has 1 rings (SSSR count). The third-order valence-corrected chi connectivity index (χ3v) is 3.56. The van der Waals surface area contributed by atoms with Gasteiger partial charge in [0.05, 0.1) is 0 Å². The summed E-state index contributed by atoms with van der Waals surface area (Å²) in [4.78, 5) is 2.60. The summed E-state index contributed by atoms with van der Waals surface area (Å²) in [6.45, 7) is 4.90. The fourth-order valence-electron chi connectivity index (χ4n) is 2.53. The maximum Gasteiger partial charge on any atom is 0.0446 e. The standard InChI is InChI=1S/C12H26N2O/c1-3-12-6-4-5-8-14(12)10-11(13-2)7-9-15/h11-13,15H,3-10H2,1-2H3. The number of nitrogens with one attached hydrogen (secondary N) is 1. The third kappa shape index (κ3) is 4.09. The number of hydrogen-bond acceptors (Lipinski definition) is 3. The van der Waals surface area contributed by atoms with Gasteiger partial charge in [-0.1, -0.05) is 13.3 Å². The van der Waals surface area contributed by atoms with Crippen LogP contribution in [-0.2, 0) is 0 Å². The van der Waals surface area contributed by atoms with Crippen molar-refractivity contribution >= 4 is 0 Å². The Morgan fingerprint density at radius 1 is 1.47 bits per heavy atom. The van der Waals surface area contributed by atoms with Crippen LogP contribution < -0.4 is 5.32 Å². The molecule has 0 aromatic rings. The summed E-state index contributed by atoms with van der Waals surface area (Å²) in [7, 11) is 1.99. The zero-order valence-corrected chi connectivity index (χ0v) is 10.2. The molecule has 0 aromatic carbocycles. The van der Waals surface area contributed by atoms with Gasteiger partial charge in [-0.15, -0.1) is 0 Å². The molecular formula is C12H26N2O. The number of aliphatic hydroxyl groups is 1. The van der Waals surface area contributed by atoms with E-state index in [1.54, 1.807) is 0 Å². The predicted octanol–water partition coefficient (Wildman–Crippen LogP) is 1.22. The van der Waals surface area contributed by atoms with Crippen molar-refractivity contribution in [1.82, 2.24) is 10.2 Å². The highest BCUT2D eigenvalue weighted by molar-refractivity contribution is 4.79. The number of nitrogens with zero attached hydrogens (tertiary/aromatic N) is 1. The van der Waals surface area contributed by atoms with Crippen LogP contribution in [0.25, 0.3) is 0 Å². The monoisotopic (exact) mass is 214 g/mol. The highest BCUT2D eigenvalue weighted by atomic mass is 16.3. The minimum absolute atomic E-state index is 0.288.